The van der Waals surface area contributed by atoms with Crippen LogP contribution in [0.5, 0.6) is 11.5 Å². The number of ketones is 1. The lowest BCUT2D eigenvalue weighted by Crippen LogP contribution is -2.45. The largest absolute Gasteiger partial charge is 0.493 e. The monoisotopic (exact) mass is 607 g/mol. The molecule has 4 nitrogen and oxygen atoms in total. The van der Waals surface area contributed by atoms with Crippen LogP contribution in [-0.4, -0.2) is 26.5 Å². The first-order chi connectivity index (χ1) is 21.8. The highest BCUT2D eigenvalue weighted by atomic mass is 19.1. The quantitative estimate of drug-likeness (QED) is 0.156. The van der Waals surface area contributed by atoms with Crippen LogP contribution in [-0.2, 0) is 22.2 Å². The van der Waals surface area contributed by atoms with Crippen molar-refractivity contribution in [2.75, 3.05) is 20.8 Å². The molecule has 5 heteroatoms. The van der Waals surface area contributed by atoms with E-state index < -0.39 is 0 Å². The SMILES string of the molecule is COc1cc2c(cc1OC)C(C)(CCCC(CCCC(=O)C(C)c1ccc(F)cc1)(c1ccccc1)c1ccccc1)NCC2. The van der Waals surface area contributed by atoms with Gasteiger partial charge in [-0.25, -0.2) is 4.39 Å². The van der Waals surface area contributed by atoms with Gasteiger partial charge in [-0.05, 0) is 91.1 Å². The Morgan fingerprint density at radius 1 is 0.867 bits per heavy atom. The second-order valence-electron chi connectivity index (χ2n) is 12.6. The van der Waals surface area contributed by atoms with E-state index in [0.29, 0.717) is 6.42 Å². The molecular weight excluding hydrogens is 561 g/mol. The maximum absolute atomic E-state index is 13.5. The number of halogens is 1. The van der Waals surface area contributed by atoms with Gasteiger partial charge in [0.1, 0.15) is 11.6 Å². The minimum Gasteiger partial charge on any atom is -0.493 e. The Hall–Kier alpha value is -3.96. The average Bonchev–Trinajstić information content (AvgIpc) is 3.08. The Bertz CT molecular complexity index is 1510. The molecule has 2 unspecified atom stereocenters. The summed E-state index contributed by atoms with van der Waals surface area (Å²) >= 11 is 0. The number of benzene rings is 4. The summed E-state index contributed by atoms with van der Waals surface area (Å²) in [5.74, 6) is 1.18. The number of carbonyl (C=O) groups excluding carboxylic acids is 1. The van der Waals surface area contributed by atoms with E-state index in [0.717, 1.165) is 62.1 Å². The van der Waals surface area contributed by atoms with Gasteiger partial charge in [-0.2, -0.15) is 0 Å². The zero-order valence-corrected chi connectivity index (χ0v) is 27.1. The van der Waals surface area contributed by atoms with Crippen LogP contribution < -0.4 is 14.8 Å². The van der Waals surface area contributed by atoms with Gasteiger partial charge in [0.25, 0.3) is 0 Å². The van der Waals surface area contributed by atoms with Crippen molar-refractivity contribution in [3.05, 3.63) is 131 Å². The van der Waals surface area contributed by atoms with E-state index in [2.05, 4.69) is 85.0 Å². The van der Waals surface area contributed by atoms with Crippen molar-refractivity contribution < 1.29 is 18.7 Å². The topological polar surface area (TPSA) is 47.6 Å². The van der Waals surface area contributed by atoms with Gasteiger partial charge in [0.2, 0.25) is 0 Å². The van der Waals surface area contributed by atoms with E-state index in [4.69, 9.17) is 9.47 Å². The minimum atomic E-state index is -0.284. The van der Waals surface area contributed by atoms with Crippen LogP contribution in [0.2, 0.25) is 0 Å². The molecule has 0 saturated carbocycles. The zero-order valence-electron chi connectivity index (χ0n) is 27.1. The molecule has 1 aliphatic rings. The van der Waals surface area contributed by atoms with Gasteiger partial charge in [0, 0.05) is 29.8 Å². The van der Waals surface area contributed by atoms with Gasteiger partial charge in [-0.15, -0.1) is 0 Å². The molecule has 0 spiro atoms. The number of Topliss-reactive ketones (excluding diaryl/α,β-unsaturated/α-hetero) is 1. The molecule has 0 amide bonds. The van der Waals surface area contributed by atoms with Crippen LogP contribution in [0.25, 0.3) is 0 Å². The highest BCUT2D eigenvalue weighted by molar-refractivity contribution is 5.85. The summed E-state index contributed by atoms with van der Waals surface area (Å²) in [4.78, 5) is 13.3. The lowest BCUT2D eigenvalue weighted by atomic mass is 9.67. The molecule has 0 saturated heterocycles. The summed E-state index contributed by atoms with van der Waals surface area (Å²) in [5.41, 5.74) is 5.56. The van der Waals surface area contributed by atoms with Gasteiger partial charge in [0.05, 0.1) is 14.2 Å². The highest BCUT2D eigenvalue weighted by Crippen LogP contribution is 2.45. The molecule has 1 N–H and O–H groups in total. The molecule has 1 heterocycles. The summed E-state index contributed by atoms with van der Waals surface area (Å²) in [6.45, 7) is 5.15. The van der Waals surface area contributed by atoms with Crippen molar-refractivity contribution in [2.45, 2.75) is 75.7 Å². The van der Waals surface area contributed by atoms with E-state index >= 15 is 0 Å². The van der Waals surface area contributed by atoms with Crippen LogP contribution in [0.3, 0.4) is 0 Å². The number of nitrogens with one attached hydrogen (secondary N) is 1. The number of carbonyl (C=O) groups is 1. The van der Waals surface area contributed by atoms with E-state index in [9.17, 15) is 9.18 Å². The predicted octanol–water partition coefficient (Wildman–Crippen LogP) is 8.90. The first kappa shape index (κ1) is 32.4. The number of methoxy groups -OCH3 is 2. The molecule has 0 aromatic heterocycles. The fourth-order valence-electron chi connectivity index (χ4n) is 7.28. The zero-order chi connectivity index (χ0) is 31.9. The standard InChI is InChI=1S/C40H46FNO3/c1-29(30-18-20-34(41)21-19-30)36(43)17-11-24-40(32-13-7-5-8-14-32,33-15-9-6-10-16-33)25-12-23-39(2)35-28-38(45-4)37(44-3)27-31(35)22-26-42-39/h5-10,13-16,18-21,27-29,42H,11-12,17,22-26H2,1-4H3. The summed E-state index contributed by atoms with van der Waals surface area (Å²) in [7, 11) is 3.38. The van der Waals surface area contributed by atoms with Crippen LogP contribution in [0, 0.1) is 5.82 Å². The van der Waals surface area contributed by atoms with E-state index in [1.165, 1.54) is 34.4 Å². The first-order valence-electron chi connectivity index (χ1n) is 16.2. The molecule has 0 aliphatic carbocycles. The van der Waals surface area contributed by atoms with E-state index in [1.54, 1.807) is 26.4 Å². The van der Waals surface area contributed by atoms with Crippen molar-refractivity contribution in [3.63, 3.8) is 0 Å². The van der Waals surface area contributed by atoms with Crippen molar-refractivity contribution in [1.29, 1.82) is 0 Å². The van der Waals surface area contributed by atoms with Gasteiger partial charge < -0.3 is 14.8 Å². The molecule has 45 heavy (non-hydrogen) atoms. The molecule has 0 bridgehead atoms. The second-order valence-corrected chi connectivity index (χ2v) is 12.6. The smallest absolute Gasteiger partial charge is 0.161 e. The van der Waals surface area contributed by atoms with Crippen LogP contribution in [0.4, 0.5) is 4.39 Å². The molecule has 4 aromatic carbocycles. The summed E-state index contributed by atoms with van der Waals surface area (Å²) in [5, 5.41) is 3.83. The third kappa shape index (κ3) is 7.15. The Labute approximate surface area is 268 Å². The minimum absolute atomic E-state index is 0.191. The van der Waals surface area contributed by atoms with Gasteiger partial charge in [-0.1, -0.05) is 86.1 Å². The highest BCUT2D eigenvalue weighted by Gasteiger charge is 2.37. The number of hydrogen-bond donors (Lipinski definition) is 1. The first-order valence-corrected chi connectivity index (χ1v) is 16.2. The fourth-order valence-corrected chi connectivity index (χ4v) is 7.28. The third-order valence-electron chi connectivity index (χ3n) is 9.93. The van der Waals surface area contributed by atoms with Crippen molar-refractivity contribution in [3.8, 4) is 11.5 Å². The van der Waals surface area contributed by atoms with Crippen molar-refractivity contribution in [1.82, 2.24) is 5.32 Å². The lowest BCUT2D eigenvalue weighted by Gasteiger charge is -2.40. The van der Waals surface area contributed by atoms with Gasteiger partial charge >= 0.3 is 0 Å². The third-order valence-corrected chi connectivity index (χ3v) is 9.93. The number of rotatable bonds is 14. The van der Waals surface area contributed by atoms with Gasteiger partial charge in [-0.3, -0.25) is 4.79 Å². The van der Waals surface area contributed by atoms with Crippen LogP contribution in [0.1, 0.15) is 86.1 Å². The normalized spacial score (nSPS) is 16.9. The Kier molecular flexibility index (Phi) is 10.4. The van der Waals surface area contributed by atoms with Gasteiger partial charge in [0.15, 0.2) is 11.5 Å². The van der Waals surface area contributed by atoms with Crippen molar-refractivity contribution in [2.24, 2.45) is 0 Å². The molecule has 2 atom stereocenters. The molecule has 4 aromatic rings. The molecular formula is C40H46FNO3. The maximum atomic E-state index is 13.5. The summed E-state index contributed by atoms with van der Waals surface area (Å²) < 4.78 is 24.8. The fraction of sp³-hybridized carbons (Fsp3) is 0.375. The average molecular weight is 608 g/mol. The lowest BCUT2D eigenvalue weighted by molar-refractivity contribution is -0.120. The summed E-state index contributed by atoms with van der Waals surface area (Å²) in [6.07, 6.45) is 5.95. The van der Waals surface area contributed by atoms with E-state index in [1.807, 2.05) is 6.92 Å². The molecule has 0 radical (unpaired) electrons. The van der Waals surface area contributed by atoms with E-state index in [-0.39, 0.29) is 28.5 Å². The van der Waals surface area contributed by atoms with Crippen molar-refractivity contribution >= 4 is 5.78 Å². The number of ether oxygens (including phenoxy) is 2. The Balaban J connectivity index is 1.40. The number of hydrogen-bond acceptors (Lipinski definition) is 4. The summed E-state index contributed by atoms with van der Waals surface area (Å²) in [6, 6.07) is 32.2. The molecule has 0 fully saturated rings. The molecule has 5 rings (SSSR count). The Morgan fingerprint density at radius 3 is 2.04 bits per heavy atom. The number of fused-ring (bicyclic) bond motifs is 1. The predicted molar refractivity (Wildman–Crippen MR) is 180 cm³/mol. The molecule has 1 aliphatic heterocycles. The maximum Gasteiger partial charge on any atom is 0.161 e. The Morgan fingerprint density at radius 2 is 1.44 bits per heavy atom. The molecule has 236 valence electrons. The van der Waals surface area contributed by atoms with Crippen LogP contribution >= 0.6 is 0 Å². The second kappa shape index (κ2) is 14.4. The van der Waals surface area contributed by atoms with Crippen LogP contribution in [0.15, 0.2) is 97.1 Å².